The van der Waals surface area contributed by atoms with Crippen molar-refractivity contribution in [2.24, 2.45) is 0 Å². The monoisotopic (exact) mass is 201 g/mol. The molecule has 1 aromatic rings. The van der Waals surface area contributed by atoms with Gasteiger partial charge in [0.15, 0.2) is 0 Å². The van der Waals surface area contributed by atoms with Crippen LogP contribution in [0.3, 0.4) is 0 Å². The first-order chi connectivity index (χ1) is 7.25. The zero-order chi connectivity index (χ0) is 10.7. The van der Waals surface area contributed by atoms with Gasteiger partial charge in [-0.15, -0.1) is 0 Å². The second-order valence-electron chi connectivity index (χ2n) is 4.20. The van der Waals surface area contributed by atoms with Gasteiger partial charge in [0.25, 0.3) is 0 Å². The summed E-state index contributed by atoms with van der Waals surface area (Å²) in [6.07, 6.45) is 12.8. The molecule has 0 aromatic carbocycles. The van der Waals surface area contributed by atoms with Gasteiger partial charge in [-0.3, -0.25) is 9.69 Å². The Kier molecular flexibility index (Phi) is 2.95. The van der Waals surface area contributed by atoms with Crippen molar-refractivity contribution in [1.82, 2.24) is 4.68 Å². The van der Waals surface area contributed by atoms with Gasteiger partial charge in [-0.2, -0.15) is 0 Å². The molecule has 0 spiro atoms. The number of hydrogen-bond donors (Lipinski definition) is 0. The molecule has 0 bridgehead atoms. The Hall–Kier alpha value is -1.44. The number of hydrogen-bond acceptors (Lipinski definition) is 1. The molecule has 2 nitrogen and oxygen atoms in total. The fraction of sp³-hybridized carbons (Fsp3) is 0.308. The van der Waals surface area contributed by atoms with Crippen molar-refractivity contribution in [2.45, 2.75) is 26.7 Å². The second-order valence-corrected chi connectivity index (χ2v) is 4.20. The maximum Gasteiger partial charge on any atom is 0.0268 e. The second kappa shape index (κ2) is 4.39. The zero-order valence-corrected chi connectivity index (χ0v) is 9.35. The summed E-state index contributed by atoms with van der Waals surface area (Å²) in [6, 6.07) is 4.07. The van der Waals surface area contributed by atoms with E-state index < -0.39 is 0 Å². The summed E-state index contributed by atoms with van der Waals surface area (Å²) in [5.74, 6) is 1.46. The van der Waals surface area contributed by atoms with Crippen molar-refractivity contribution in [2.75, 3.05) is 5.01 Å². The average Bonchev–Trinajstić information content (AvgIpc) is 2.69. The summed E-state index contributed by atoms with van der Waals surface area (Å²) < 4.78 is 2.07. The lowest BCUT2D eigenvalue weighted by Gasteiger charge is -2.23. The lowest BCUT2D eigenvalue weighted by Crippen LogP contribution is -2.23. The van der Waals surface area contributed by atoms with Crippen molar-refractivity contribution >= 4 is 0 Å². The van der Waals surface area contributed by atoms with Crippen LogP contribution in [0.25, 0.3) is 0 Å². The molecule has 15 heavy (non-hydrogen) atoms. The molecule has 0 N–H and O–H groups in total. The van der Waals surface area contributed by atoms with Crippen LogP contribution in [0.1, 0.15) is 26.7 Å². The van der Waals surface area contributed by atoms with Gasteiger partial charge in [0.05, 0.1) is 0 Å². The van der Waals surface area contributed by atoms with E-state index in [0.717, 1.165) is 12.8 Å². The fourth-order valence-electron chi connectivity index (χ4n) is 1.79. The van der Waals surface area contributed by atoms with Crippen LogP contribution in [-0.4, -0.2) is 4.68 Å². The van der Waals surface area contributed by atoms with E-state index in [0.29, 0.717) is 0 Å². The third kappa shape index (κ3) is 2.52. The van der Waals surface area contributed by atoms with Crippen molar-refractivity contribution in [3.05, 3.63) is 54.5 Å². The van der Waals surface area contributed by atoms with E-state index in [1.54, 1.807) is 0 Å². The third-order valence-corrected chi connectivity index (χ3v) is 2.39. The number of aromatic nitrogens is 1. The highest BCUT2D eigenvalue weighted by Gasteiger charge is 2.07. The largest absolute Gasteiger partial charge is 0.265 e. The normalized spacial score (nSPS) is 15.9. The summed E-state index contributed by atoms with van der Waals surface area (Å²) in [5.41, 5.74) is 1.46. The predicted molar refractivity (Wildman–Crippen MR) is 63.7 cm³/mol. The van der Waals surface area contributed by atoms with Crippen LogP contribution in [0.15, 0.2) is 48.6 Å². The maximum absolute atomic E-state index is 2.22. The van der Waals surface area contributed by atoms with Crippen molar-refractivity contribution < 1.29 is 0 Å². The zero-order valence-electron chi connectivity index (χ0n) is 9.35. The third-order valence-electron chi connectivity index (χ3n) is 2.39. The molecule has 79 valence electrons. The number of allylic oxidation sites excluding steroid dienone is 2. The molecule has 2 heterocycles. The minimum absolute atomic E-state index is 1.07. The summed E-state index contributed by atoms with van der Waals surface area (Å²) >= 11 is 0. The first kappa shape index (κ1) is 10.1. The van der Waals surface area contributed by atoms with Gasteiger partial charge >= 0.3 is 0 Å². The van der Waals surface area contributed by atoms with Crippen LogP contribution < -0.4 is 5.01 Å². The Labute approximate surface area is 91.5 Å². The van der Waals surface area contributed by atoms with Gasteiger partial charge in [0.2, 0.25) is 0 Å². The van der Waals surface area contributed by atoms with Crippen molar-refractivity contribution in [1.29, 1.82) is 0 Å². The molecular formula is C13H17N2. The molecule has 0 aliphatic carbocycles. The van der Waals surface area contributed by atoms with Crippen molar-refractivity contribution in [3.63, 3.8) is 0 Å². The molecule has 0 saturated heterocycles. The predicted octanol–water partition coefficient (Wildman–Crippen LogP) is 3.23. The van der Waals surface area contributed by atoms with Crippen molar-refractivity contribution in [3.8, 4) is 0 Å². The van der Waals surface area contributed by atoms with Crippen LogP contribution in [0, 0.1) is 5.92 Å². The van der Waals surface area contributed by atoms with Gasteiger partial charge in [-0.1, -0.05) is 19.9 Å². The number of nitrogens with zero attached hydrogens (tertiary/aromatic N) is 2. The minimum Gasteiger partial charge on any atom is -0.265 e. The van der Waals surface area contributed by atoms with E-state index in [4.69, 9.17) is 0 Å². The summed E-state index contributed by atoms with van der Waals surface area (Å²) in [4.78, 5) is 0. The van der Waals surface area contributed by atoms with E-state index in [2.05, 4.69) is 42.0 Å². The molecule has 2 heteroatoms. The molecule has 0 saturated carbocycles. The van der Waals surface area contributed by atoms with E-state index in [1.807, 2.05) is 24.5 Å². The highest BCUT2D eigenvalue weighted by Crippen LogP contribution is 2.20. The van der Waals surface area contributed by atoms with Gasteiger partial charge in [-0.05, 0) is 36.5 Å². The topological polar surface area (TPSA) is 8.17 Å². The van der Waals surface area contributed by atoms with Crippen LogP contribution in [0.4, 0.5) is 0 Å². The molecule has 2 rings (SSSR count). The highest BCUT2D eigenvalue weighted by atomic mass is 15.5. The van der Waals surface area contributed by atoms with Crippen LogP contribution in [0.2, 0.25) is 0 Å². The van der Waals surface area contributed by atoms with E-state index in [9.17, 15) is 0 Å². The summed E-state index contributed by atoms with van der Waals surface area (Å²) in [6.45, 7) is 4.36. The van der Waals surface area contributed by atoms with Gasteiger partial charge in [0, 0.05) is 24.8 Å². The van der Waals surface area contributed by atoms with Gasteiger partial charge < -0.3 is 0 Å². The first-order valence-electron chi connectivity index (χ1n) is 5.32. The molecule has 1 aliphatic heterocycles. The molecule has 1 aromatic heterocycles. The Balaban J connectivity index is 2.11. The highest BCUT2D eigenvalue weighted by molar-refractivity contribution is 5.26. The first-order valence-corrected chi connectivity index (χ1v) is 5.32. The summed E-state index contributed by atoms with van der Waals surface area (Å²) in [5, 5.41) is 2.11. The summed E-state index contributed by atoms with van der Waals surface area (Å²) in [7, 11) is 0. The SMILES string of the molecule is C[C](C)CC1=CN(n2cccc2)C=CC1. The Morgan fingerprint density at radius 3 is 2.67 bits per heavy atom. The minimum atomic E-state index is 1.07. The molecule has 1 radical (unpaired) electrons. The molecular weight excluding hydrogens is 184 g/mol. The van der Waals surface area contributed by atoms with E-state index >= 15 is 0 Å². The smallest absolute Gasteiger partial charge is 0.0268 e. The van der Waals surface area contributed by atoms with E-state index in [1.165, 1.54) is 11.5 Å². The molecule has 0 unspecified atom stereocenters. The van der Waals surface area contributed by atoms with Gasteiger partial charge in [0.1, 0.15) is 0 Å². The lowest BCUT2D eigenvalue weighted by molar-refractivity contribution is 0.771. The quantitative estimate of drug-likeness (QED) is 0.729. The number of rotatable bonds is 3. The standard InChI is InChI=1S/C13H17N2/c1-12(2)10-13-6-5-9-15(11-13)14-7-3-4-8-14/h3-5,7-9,11H,6,10H2,1-2H3. The van der Waals surface area contributed by atoms with E-state index in [-0.39, 0.29) is 0 Å². The van der Waals surface area contributed by atoms with Crippen LogP contribution in [-0.2, 0) is 0 Å². The Bertz CT molecular complexity index is 358. The fourth-order valence-corrected chi connectivity index (χ4v) is 1.79. The Morgan fingerprint density at radius 1 is 1.27 bits per heavy atom. The van der Waals surface area contributed by atoms with Gasteiger partial charge in [-0.25, -0.2) is 0 Å². The molecule has 0 fully saturated rings. The average molecular weight is 201 g/mol. The Morgan fingerprint density at radius 2 is 2.00 bits per heavy atom. The molecule has 0 amide bonds. The molecule has 1 aliphatic rings. The van der Waals surface area contributed by atoms with Crippen LogP contribution >= 0.6 is 0 Å². The maximum atomic E-state index is 2.22. The molecule has 0 atom stereocenters. The van der Waals surface area contributed by atoms with Crippen LogP contribution in [0.5, 0.6) is 0 Å². The lowest BCUT2D eigenvalue weighted by atomic mass is 10.0.